The minimum absolute atomic E-state index is 0.00951. The summed E-state index contributed by atoms with van der Waals surface area (Å²) in [7, 11) is 1.78. The molecule has 0 spiro atoms. The number of carbonyl (C=O) groups excluding carboxylic acids is 2. The van der Waals surface area contributed by atoms with Gasteiger partial charge in [-0.1, -0.05) is 29.8 Å². The van der Waals surface area contributed by atoms with Crippen molar-refractivity contribution in [1.29, 1.82) is 0 Å². The van der Waals surface area contributed by atoms with Gasteiger partial charge in [0.25, 0.3) is 5.91 Å². The smallest absolute Gasteiger partial charge is 0.254 e. The Hall–Kier alpha value is -2.90. The normalized spacial score (nSPS) is 14.8. The summed E-state index contributed by atoms with van der Waals surface area (Å²) in [6, 6.07) is 11.8. The third kappa shape index (κ3) is 5.24. The maximum Gasteiger partial charge on any atom is 0.254 e. The number of rotatable bonds is 5. The van der Waals surface area contributed by atoms with E-state index < -0.39 is 0 Å². The maximum atomic E-state index is 12.6. The lowest BCUT2D eigenvalue weighted by atomic mass is 10.0. The van der Waals surface area contributed by atoms with Crippen LogP contribution >= 0.6 is 22.9 Å². The Morgan fingerprint density at radius 2 is 1.97 bits per heavy atom. The van der Waals surface area contributed by atoms with Crippen molar-refractivity contribution in [2.75, 3.05) is 13.1 Å². The minimum atomic E-state index is -0.121. The lowest BCUT2D eigenvalue weighted by Gasteiger charge is -2.31. The first-order chi connectivity index (χ1) is 15.0. The first-order valence-electron chi connectivity index (χ1n) is 10.1. The quantitative estimate of drug-likeness (QED) is 0.586. The standard InChI is InChI=1S/C23H23ClN4O2S/c1-27-15-16(14-25-27)23(30)26-17-10-12-28(13-11-17)22(29)9-7-18-6-8-21(31-18)19-4-2-3-5-20(19)24/h2-9,14-15,17H,10-13H2,1H3,(H,26,30)/b9-7+. The lowest BCUT2D eigenvalue weighted by molar-refractivity contribution is -0.126. The molecule has 1 N–H and O–H groups in total. The summed E-state index contributed by atoms with van der Waals surface area (Å²) >= 11 is 7.87. The number of likely N-dealkylation sites (tertiary alicyclic amines) is 1. The number of aromatic nitrogens is 2. The van der Waals surface area contributed by atoms with Gasteiger partial charge in [-0.05, 0) is 37.1 Å². The van der Waals surface area contributed by atoms with Crippen LogP contribution in [-0.4, -0.2) is 45.6 Å². The fourth-order valence-corrected chi connectivity index (χ4v) is 4.80. The molecule has 0 atom stereocenters. The van der Waals surface area contributed by atoms with Crippen LogP contribution in [0.25, 0.3) is 16.5 Å². The van der Waals surface area contributed by atoms with Crippen molar-refractivity contribution in [3.8, 4) is 10.4 Å². The van der Waals surface area contributed by atoms with E-state index in [0.717, 1.165) is 33.2 Å². The molecule has 160 valence electrons. The van der Waals surface area contributed by atoms with E-state index >= 15 is 0 Å². The highest BCUT2D eigenvalue weighted by Gasteiger charge is 2.23. The number of piperidine rings is 1. The van der Waals surface area contributed by atoms with E-state index in [4.69, 9.17) is 11.6 Å². The van der Waals surface area contributed by atoms with E-state index in [1.165, 1.54) is 0 Å². The van der Waals surface area contributed by atoms with Crippen LogP contribution in [0.1, 0.15) is 28.1 Å². The summed E-state index contributed by atoms with van der Waals surface area (Å²) in [4.78, 5) is 28.7. The third-order valence-corrected chi connectivity index (χ3v) is 6.68. The molecule has 1 aliphatic heterocycles. The average Bonchev–Trinajstić information content (AvgIpc) is 3.42. The molecule has 8 heteroatoms. The summed E-state index contributed by atoms with van der Waals surface area (Å²) < 4.78 is 1.60. The summed E-state index contributed by atoms with van der Waals surface area (Å²) in [5.74, 6) is -0.130. The maximum absolute atomic E-state index is 12.6. The fraction of sp³-hybridized carbons (Fsp3) is 0.261. The van der Waals surface area contributed by atoms with E-state index in [0.29, 0.717) is 18.7 Å². The van der Waals surface area contributed by atoms with Crippen LogP contribution in [0.3, 0.4) is 0 Å². The molecule has 2 amide bonds. The topological polar surface area (TPSA) is 67.2 Å². The van der Waals surface area contributed by atoms with Crippen LogP contribution in [0.5, 0.6) is 0 Å². The Kier molecular flexibility index (Phi) is 6.53. The summed E-state index contributed by atoms with van der Waals surface area (Å²) in [6.07, 6.45) is 8.20. The second kappa shape index (κ2) is 9.49. The van der Waals surface area contributed by atoms with Gasteiger partial charge in [0, 0.05) is 58.8 Å². The van der Waals surface area contributed by atoms with Crippen LogP contribution in [0.2, 0.25) is 5.02 Å². The number of hydrogen-bond donors (Lipinski definition) is 1. The van der Waals surface area contributed by atoms with Crippen molar-refractivity contribution in [3.05, 3.63) is 70.3 Å². The van der Waals surface area contributed by atoms with Gasteiger partial charge in [-0.15, -0.1) is 11.3 Å². The Morgan fingerprint density at radius 1 is 1.19 bits per heavy atom. The predicted octanol–water partition coefficient (Wildman–Crippen LogP) is 4.24. The van der Waals surface area contributed by atoms with Crippen molar-refractivity contribution >= 4 is 40.8 Å². The zero-order valence-electron chi connectivity index (χ0n) is 17.1. The Balaban J connectivity index is 1.29. The van der Waals surface area contributed by atoms with Crippen LogP contribution in [-0.2, 0) is 11.8 Å². The van der Waals surface area contributed by atoms with Gasteiger partial charge in [0.2, 0.25) is 5.91 Å². The molecule has 6 nitrogen and oxygen atoms in total. The number of nitrogens with zero attached hydrogens (tertiary/aromatic N) is 3. The molecule has 1 saturated heterocycles. The molecule has 1 aliphatic rings. The van der Waals surface area contributed by atoms with Crippen LogP contribution in [0.15, 0.2) is 54.9 Å². The number of hydrogen-bond acceptors (Lipinski definition) is 4. The zero-order chi connectivity index (χ0) is 21.8. The van der Waals surface area contributed by atoms with E-state index in [9.17, 15) is 9.59 Å². The number of aryl methyl sites for hydroxylation is 1. The molecular formula is C23H23ClN4O2S. The highest BCUT2D eigenvalue weighted by Crippen LogP contribution is 2.33. The van der Waals surface area contributed by atoms with Gasteiger partial charge in [-0.2, -0.15) is 5.10 Å². The number of amides is 2. The van der Waals surface area contributed by atoms with Crippen molar-refractivity contribution in [2.24, 2.45) is 7.05 Å². The third-order valence-electron chi connectivity index (χ3n) is 5.27. The summed E-state index contributed by atoms with van der Waals surface area (Å²) in [5, 5.41) is 7.77. The van der Waals surface area contributed by atoms with Gasteiger partial charge < -0.3 is 10.2 Å². The van der Waals surface area contributed by atoms with E-state index in [1.807, 2.05) is 47.4 Å². The molecular weight excluding hydrogens is 432 g/mol. The number of nitrogens with one attached hydrogen (secondary N) is 1. The molecule has 1 aromatic carbocycles. The van der Waals surface area contributed by atoms with E-state index in [2.05, 4.69) is 10.4 Å². The van der Waals surface area contributed by atoms with Crippen LogP contribution in [0, 0.1) is 0 Å². The Bertz CT molecular complexity index is 1110. The monoisotopic (exact) mass is 454 g/mol. The number of carbonyl (C=O) groups is 2. The molecule has 3 aromatic rings. The first-order valence-corrected chi connectivity index (χ1v) is 11.3. The van der Waals surface area contributed by atoms with Crippen molar-refractivity contribution in [2.45, 2.75) is 18.9 Å². The molecule has 0 unspecified atom stereocenters. The van der Waals surface area contributed by atoms with Gasteiger partial charge in [0.15, 0.2) is 0 Å². The molecule has 2 aromatic heterocycles. The van der Waals surface area contributed by atoms with Crippen molar-refractivity contribution in [1.82, 2.24) is 20.0 Å². The molecule has 0 radical (unpaired) electrons. The SMILES string of the molecule is Cn1cc(C(=O)NC2CCN(C(=O)/C=C/c3ccc(-c4ccccc4Cl)s3)CC2)cn1. The highest BCUT2D eigenvalue weighted by atomic mass is 35.5. The summed E-state index contributed by atoms with van der Waals surface area (Å²) in [5.41, 5.74) is 1.55. The Morgan fingerprint density at radius 3 is 2.68 bits per heavy atom. The fourth-order valence-electron chi connectivity index (χ4n) is 3.56. The molecule has 1 fully saturated rings. The van der Waals surface area contributed by atoms with Gasteiger partial charge in [-0.3, -0.25) is 14.3 Å². The molecule has 0 saturated carbocycles. The summed E-state index contributed by atoms with van der Waals surface area (Å²) in [6.45, 7) is 1.24. The highest BCUT2D eigenvalue weighted by molar-refractivity contribution is 7.16. The van der Waals surface area contributed by atoms with Crippen LogP contribution in [0.4, 0.5) is 0 Å². The van der Waals surface area contributed by atoms with E-state index in [-0.39, 0.29) is 17.9 Å². The van der Waals surface area contributed by atoms with E-state index in [1.54, 1.807) is 41.5 Å². The number of thiophene rings is 1. The number of benzene rings is 1. The average molecular weight is 455 g/mol. The molecule has 3 heterocycles. The minimum Gasteiger partial charge on any atom is -0.349 e. The number of halogens is 1. The second-order valence-electron chi connectivity index (χ2n) is 7.49. The lowest BCUT2D eigenvalue weighted by Crippen LogP contribution is -2.46. The van der Waals surface area contributed by atoms with Crippen molar-refractivity contribution in [3.63, 3.8) is 0 Å². The van der Waals surface area contributed by atoms with Crippen molar-refractivity contribution < 1.29 is 9.59 Å². The molecule has 0 bridgehead atoms. The zero-order valence-corrected chi connectivity index (χ0v) is 18.7. The van der Waals surface area contributed by atoms with Gasteiger partial charge in [0.1, 0.15) is 0 Å². The largest absolute Gasteiger partial charge is 0.349 e. The first kappa shape index (κ1) is 21.3. The molecule has 4 rings (SSSR count). The molecule has 31 heavy (non-hydrogen) atoms. The Labute approximate surface area is 190 Å². The van der Waals surface area contributed by atoms with Gasteiger partial charge in [0.05, 0.1) is 11.8 Å². The van der Waals surface area contributed by atoms with Gasteiger partial charge in [-0.25, -0.2) is 0 Å². The second-order valence-corrected chi connectivity index (χ2v) is 9.01. The van der Waals surface area contributed by atoms with Crippen LogP contribution < -0.4 is 5.32 Å². The van der Waals surface area contributed by atoms with Gasteiger partial charge >= 0.3 is 0 Å². The molecule has 0 aliphatic carbocycles. The predicted molar refractivity (Wildman–Crippen MR) is 124 cm³/mol.